The number of nitrogens with one attached hydrogen (secondary N) is 1. The standard InChI is InChI=1S/C23H30N2O2/c1-18-6-8-20(9-7-18)16-25-12-10-19(11-13-25)14-24-15-21-17-26-22-4-2-3-5-23(22)27-21/h2-9,19,21,24H,10-17H2,1H3. The van der Waals surface area contributed by atoms with Crippen molar-refractivity contribution in [2.45, 2.75) is 32.4 Å². The summed E-state index contributed by atoms with van der Waals surface area (Å²) in [6, 6.07) is 16.8. The van der Waals surface area contributed by atoms with Gasteiger partial charge >= 0.3 is 0 Å². The Labute approximate surface area is 162 Å². The quantitative estimate of drug-likeness (QED) is 0.846. The molecule has 1 unspecified atom stereocenters. The van der Waals surface area contributed by atoms with Crippen LogP contribution in [0.2, 0.25) is 0 Å². The average molecular weight is 367 g/mol. The maximum absolute atomic E-state index is 6.02. The maximum atomic E-state index is 6.02. The molecule has 0 aliphatic carbocycles. The Morgan fingerprint density at radius 2 is 1.70 bits per heavy atom. The number of para-hydroxylation sites is 2. The van der Waals surface area contributed by atoms with E-state index >= 15 is 0 Å². The number of fused-ring (bicyclic) bond motifs is 1. The third-order valence-corrected chi connectivity index (χ3v) is 5.61. The Morgan fingerprint density at radius 3 is 2.48 bits per heavy atom. The lowest BCUT2D eigenvalue weighted by atomic mass is 9.96. The first-order chi connectivity index (χ1) is 13.3. The van der Waals surface area contributed by atoms with Gasteiger partial charge in [0.2, 0.25) is 0 Å². The van der Waals surface area contributed by atoms with Gasteiger partial charge in [-0.05, 0) is 63.0 Å². The number of hydrogen-bond donors (Lipinski definition) is 1. The molecular weight excluding hydrogens is 336 g/mol. The summed E-state index contributed by atoms with van der Waals surface area (Å²) in [7, 11) is 0. The maximum Gasteiger partial charge on any atom is 0.161 e. The van der Waals surface area contributed by atoms with Crippen molar-refractivity contribution in [1.82, 2.24) is 10.2 Å². The first-order valence-electron chi connectivity index (χ1n) is 10.1. The van der Waals surface area contributed by atoms with Crippen molar-refractivity contribution in [1.29, 1.82) is 0 Å². The Hall–Kier alpha value is -2.04. The highest BCUT2D eigenvalue weighted by Crippen LogP contribution is 2.30. The van der Waals surface area contributed by atoms with Crippen molar-refractivity contribution in [3.8, 4) is 11.5 Å². The Morgan fingerprint density at radius 1 is 0.963 bits per heavy atom. The molecule has 2 aromatic rings. The molecule has 144 valence electrons. The molecule has 1 fully saturated rings. The van der Waals surface area contributed by atoms with E-state index in [1.807, 2.05) is 24.3 Å². The van der Waals surface area contributed by atoms with E-state index in [2.05, 4.69) is 41.4 Å². The minimum absolute atomic E-state index is 0.0986. The molecule has 0 saturated carbocycles. The summed E-state index contributed by atoms with van der Waals surface area (Å²) in [4.78, 5) is 2.58. The number of ether oxygens (including phenoxy) is 2. The largest absolute Gasteiger partial charge is 0.486 e. The highest BCUT2D eigenvalue weighted by atomic mass is 16.6. The zero-order chi connectivity index (χ0) is 18.5. The van der Waals surface area contributed by atoms with Crippen molar-refractivity contribution in [2.75, 3.05) is 32.8 Å². The topological polar surface area (TPSA) is 33.7 Å². The third-order valence-electron chi connectivity index (χ3n) is 5.61. The number of likely N-dealkylation sites (tertiary alicyclic amines) is 1. The second-order valence-corrected chi connectivity index (χ2v) is 7.86. The van der Waals surface area contributed by atoms with Crippen molar-refractivity contribution in [3.63, 3.8) is 0 Å². The molecular formula is C23H30N2O2. The molecule has 0 amide bonds. The summed E-state index contributed by atoms with van der Waals surface area (Å²) >= 11 is 0. The summed E-state index contributed by atoms with van der Waals surface area (Å²) in [6.45, 7) is 8.14. The fourth-order valence-electron chi connectivity index (χ4n) is 3.91. The van der Waals surface area contributed by atoms with Gasteiger partial charge in [-0.15, -0.1) is 0 Å². The van der Waals surface area contributed by atoms with Crippen molar-refractivity contribution in [2.24, 2.45) is 5.92 Å². The predicted octanol–water partition coefficient (Wildman–Crippen LogP) is 3.64. The van der Waals surface area contributed by atoms with Crippen LogP contribution in [-0.2, 0) is 6.54 Å². The number of aryl methyl sites for hydroxylation is 1. The molecule has 0 aromatic heterocycles. The van der Waals surface area contributed by atoms with Gasteiger partial charge in [0.1, 0.15) is 12.7 Å². The van der Waals surface area contributed by atoms with Crippen molar-refractivity contribution >= 4 is 0 Å². The summed E-state index contributed by atoms with van der Waals surface area (Å²) < 4.78 is 11.8. The molecule has 2 aliphatic rings. The average Bonchev–Trinajstić information content (AvgIpc) is 2.71. The normalized spacial score (nSPS) is 20.6. The lowest BCUT2D eigenvalue weighted by Crippen LogP contribution is -2.42. The monoisotopic (exact) mass is 366 g/mol. The number of benzene rings is 2. The molecule has 4 heteroatoms. The van der Waals surface area contributed by atoms with E-state index in [-0.39, 0.29) is 6.10 Å². The molecule has 1 N–H and O–H groups in total. The lowest BCUT2D eigenvalue weighted by molar-refractivity contribution is 0.0881. The van der Waals surface area contributed by atoms with Gasteiger partial charge in [-0.2, -0.15) is 0 Å². The van der Waals surface area contributed by atoms with Crippen molar-refractivity contribution < 1.29 is 9.47 Å². The third kappa shape index (κ3) is 5.02. The van der Waals surface area contributed by atoms with Crippen LogP contribution in [-0.4, -0.2) is 43.8 Å². The minimum Gasteiger partial charge on any atom is -0.486 e. The Kier molecular flexibility index (Phi) is 5.95. The van der Waals surface area contributed by atoms with Crippen LogP contribution in [0.4, 0.5) is 0 Å². The van der Waals surface area contributed by atoms with E-state index < -0.39 is 0 Å². The molecule has 4 rings (SSSR count). The van der Waals surface area contributed by atoms with Crippen LogP contribution in [0.25, 0.3) is 0 Å². The number of nitrogens with zero attached hydrogens (tertiary/aromatic N) is 1. The molecule has 2 aliphatic heterocycles. The number of rotatable bonds is 6. The lowest BCUT2D eigenvalue weighted by Gasteiger charge is -2.32. The van der Waals surface area contributed by atoms with Gasteiger partial charge in [0.15, 0.2) is 11.5 Å². The van der Waals surface area contributed by atoms with Crippen LogP contribution in [0.5, 0.6) is 11.5 Å². The SMILES string of the molecule is Cc1ccc(CN2CCC(CNCC3COc4ccccc4O3)CC2)cc1. The summed E-state index contributed by atoms with van der Waals surface area (Å²) in [5.41, 5.74) is 2.76. The van der Waals surface area contributed by atoms with Gasteiger partial charge in [0, 0.05) is 13.1 Å². The molecule has 2 aromatic carbocycles. The van der Waals surface area contributed by atoms with Gasteiger partial charge < -0.3 is 14.8 Å². The van der Waals surface area contributed by atoms with Crippen LogP contribution >= 0.6 is 0 Å². The number of piperidine rings is 1. The van der Waals surface area contributed by atoms with Gasteiger partial charge in [0.25, 0.3) is 0 Å². The molecule has 4 nitrogen and oxygen atoms in total. The van der Waals surface area contributed by atoms with E-state index in [4.69, 9.17) is 9.47 Å². The molecule has 0 radical (unpaired) electrons. The zero-order valence-electron chi connectivity index (χ0n) is 16.2. The van der Waals surface area contributed by atoms with E-state index in [0.29, 0.717) is 6.61 Å². The fourth-order valence-corrected chi connectivity index (χ4v) is 3.91. The summed E-state index contributed by atoms with van der Waals surface area (Å²) in [5, 5.41) is 3.60. The predicted molar refractivity (Wildman–Crippen MR) is 108 cm³/mol. The van der Waals surface area contributed by atoms with E-state index in [0.717, 1.165) is 37.1 Å². The highest BCUT2D eigenvalue weighted by molar-refractivity contribution is 5.40. The van der Waals surface area contributed by atoms with Crippen molar-refractivity contribution in [3.05, 3.63) is 59.7 Å². The zero-order valence-corrected chi connectivity index (χ0v) is 16.2. The van der Waals surface area contributed by atoms with Gasteiger partial charge in [-0.3, -0.25) is 4.90 Å². The van der Waals surface area contributed by atoms with Gasteiger partial charge in [-0.1, -0.05) is 42.0 Å². The summed E-state index contributed by atoms with van der Waals surface area (Å²) in [5.74, 6) is 2.48. The van der Waals surface area contributed by atoms with Crippen LogP contribution in [0, 0.1) is 12.8 Å². The van der Waals surface area contributed by atoms with Crippen LogP contribution in [0.3, 0.4) is 0 Å². The molecule has 0 spiro atoms. The number of hydrogen-bond acceptors (Lipinski definition) is 4. The van der Waals surface area contributed by atoms with E-state index in [1.165, 1.54) is 37.1 Å². The first kappa shape index (κ1) is 18.3. The Balaban J connectivity index is 1.14. The van der Waals surface area contributed by atoms with E-state index in [1.54, 1.807) is 0 Å². The van der Waals surface area contributed by atoms with E-state index in [9.17, 15) is 0 Å². The van der Waals surface area contributed by atoms with Crippen LogP contribution in [0.15, 0.2) is 48.5 Å². The Bertz CT molecular complexity index is 723. The second kappa shape index (κ2) is 8.77. The fraction of sp³-hybridized carbons (Fsp3) is 0.478. The molecule has 1 saturated heterocycles. The van der Waals surface area contributed by atoms with Crippen LogP contribution < -0.4 is 14.8 Å². The van der Waals surface area contributed by atoms with Crippen LogP contribution in [0.1, 0.15) is 24.0 Å². The molecule has 2 heterocycles. The smallest absolute Gasteiger partial charge is 0.161 e. The molecule has 27 heavy (non-hydrogen) atoms. The second-order valence-electron chi connectivity index (χ2n) is 7.86. The first-order valence-corrected chi connectivity index (χ1v) is 10.1. The highest BCUT2D eigenvalue weighted by Gasteiger charge is 2.22. The molecule has 1 atom stereocenters. The van der Waals surface area contributed by atoms with Gasteiger partial charge in [-0.25, -0.2) is 0 Å². The summed E-state index contributed by atoms with van der Waals surface area (Å²) in [6.07, 6.45) is 2.63. The molecule has 0 bridgehead atoms. The minimum atomic E-state index is 0.0986. The van der Waals surface area contributed by atoms with Gasteiger partial charge in [0.05, 0.1) is 0 Å².